The number of rotatable bonds is 3. The molecule has 2 rings (SSSR count). The van der Waals surface area contributed by atoms with E-state index >= 15 is 0 Å². The smallest absolute Gasteiger partial charge is 0.211 e. The molecule has 1 unspecified atom stereocenters. The Labute approximate surface area is 107 Å². The van der Waals surface area contributed by atoms with Crippen LogP contribution in [0.4, 0.5) is 0 Å². The van der Waals surface area contributed by atoms with Crippen LogP contribution in [-0.4, -0.2) is 12.1 Å². The number of hydrogen-bond acceptors (Lipinski definition) is 5. The van der Waals surface area contributed by atoms with E-state index in [0.717, 1.165) is 6.26 Å². The minimum absolute atomic E-state index is 0.0146. The van der Waals surface area contributed by atoms with Crippen LogP contribution in [0.2, 0.25) is 5.02 Å². The van der Waals surface area contributed by atoms with Gasteiger partial charge in [-0.15, -0.1) is 0 Å². The summed E-state index contributed by atoms with van der Waals surface area (Å²) in [6.07, 6.45) is 0.0273. The minimum atomic E-state index is -1.33. The van der Waals surface area contributed by atoms with Gasteiger partial charge < -0.3 is 19.1 Å². The van der Waals surface area contributed by atoms with Crippen molar-refractivity contribution in [2.45, 2.75) is 13.0 Å². The molecule has 6 heteroatoms. The number of aliphatic carboxylic acids is 1. The molecule has 0 N–H and O–H groups in total. The molecule has 0 amide bonds. The average Bonchev–Trinajstić information content (AvgIpc) is 2.34. The number of carbonyl (C=O) groups excluding carboxylic acids is 1. The molecule has 1 aromatic carbocycles. The number of carboxylic acid groups (broad SMARTS) is 1. The summed E-state index contributed by atoms with van der Waals surface area (Å²) >= 11 is 5.63. The fourth-order valence-electron chi connectivity index (χ4n) is 1.41. The van der Waals surface area contributed by atoms with E-state index in [4.69, 9.17) is 20.8 Å². The Morgan fingerprint density at radius 2 is 2.22 bits per heavy atom. The van der Waals surface area contributed by atoms with Crippen molar-refractivity contribution in [1.82, 2.24) is 0 Å². The summed E-state index contributed by atoms with van der Waals surface area (Å²) in [6, 6.07) is 4.35. The predicted molar refractivity (Wildman–Crippen MR) is 62.6 cm³/mol. The fourth-order valence-corrected chi connectivity index (χ4v) is 1.56. The molecular formula is C12H8ClO5-. The third-order valence-electron chi connectivity index (χ3n) is 2.35. The lowest BCUT2D eigenvalue weighted by Gasteiger charge is -2.15. The van der Waals surface area contributed by atoms with Crippen LogP contribution in [0.25, 0.3) is 11.0 Å². The van der Waals surface area contributed by atoms with Gasteiger partial charge in [0.1, 0.15) is 28.7 Å². The molecule has 1 heterocycles. The predicted octanol–water partition coefficient (Wildman–Crippen LogP) is 0.964. The molecule has 0 fully saturated rings. The molecule has 94 valence electrons. The summed E-state index contributed by atoms with van der Waals surface area (Å²) in [6.45, 7) is 1.34. The van der Waals surface area contributed by atoms with Crippen LogP contribution in [0.15, 0.2) is 33.7 Å². The van der Waals surface area contributed by atoms with Crippen LogP contribution >= 0.6 is 11.6 Å². The van der Waals surface area contributed by atoms with Crippen LogP contribution < -0.4 is 15.3 Å². The Bertz CT molecular complexity index is 661. The number of fused-ring (bicyclic) bond motifs is 1. The van der Waals surface area contributed by atoms with Crippen LogP contribution in [0.5, 0.6) is 5.75 Å². The largest absolute Gasteiger partial charge is 0.546 e. The highest BCUT2D eigenvalue weighted by atomic mass is 35.5. The summed E-state index contributed by atoms with van der Waals surface area (Å²) in [5.74, 6) is -1.06. The van der Waals surface area contributed by atoms with Gasteiger partial charge in [-0.2, -0.15) is 0 Å². The van der Waals surface area contributed by atoms with Crippen LogP contribution in [0, 0.1) is 0 Å². The molecule has 18 heavy (non-hydrogen) atoms. The maximum absolute atomic E-state index is 11.6. The Kier molecular flexibility index (Phi) is 3.25. The first-order chi connectivity index (χ1) is 8.49. The number of carboxylic acids is 1. The maximum Gasteiger partial charge on any atom is 0.211 e. The van der Waals surface area contributed by atoms with E-state index in [1.807, 2.05) is 0 Å². The number of benzene rings is 1. The monoisotopic (exact) mass is 267 g/mol. The van der Waals surface area contributed by atoms with Crippen molar-refractivity contribution >= 4 is 28.5 Å². The molecule has 0 saturated heterocycles. The van der Waals surface area contributed by atoms with Gasteiger partial charge in [-0.25, -0.2) is 0 Å². The summed E-state index contributed by atoms with van der Waals surface area (Å²) in [5.41, 5.74) is -0.0788. The summed E-state index contributed by atoms with van der Waals surface area (Å²) in [4.78, 5) is 22.2. The first kappa shape index (κ1) is 12.4. The second kappa shape index (κ2) is 4.70. The van der Waals surface area contributed by atoms with Crippen molar-refractivity contribution < 1.29 is 19.1 Å². The summed E-state index contributed by atoms with van der Waals surface area (Å²) in [5, 5.41) is 10.8. The molecular weight excluding hydrogens is 260 g/mol. The Morgan fingerprint density at radius 3 is 2.89 bits per heavy atom. The van der Waals surface area contributed by atoms with Crippen LogP contribution in [-0.2, 0) is 4.79 Å². The summed E-state index contributed by atoms with van der Waals surface area (Å²) < 4.78 is 10.2. The second-order valence-electron chi connectivity index (χ2n) is 3.65. The van der Waals surface area contributed by atoms with E-state index in [0.29, 0.717) is 5.39 Å². The Hall–Kier alpha value is -2.01. The van der Waals surface area contributed by atoms with E-state index < -0.39 is 12.1 Å². The molecule has 0 saturated carbocycles. The number of ether oxygens (including phenoxy) is 1. The number of hydrogen-bond donors (Lipinski definition) is 0. The molecule has 1 atom stereocenters. The third-order valence-corrected chi connectivity index (χ3v) is 2.61. The Morgan fingerprint density at radius 1 is 1.50 bits per heavy atom. The zero-order valence-electron chi connectivity index (χ0n) is 9.31. The van der Waals surface area contributed by atoms with Gasteiger partial charge in [-0.05, 0) is 19.1 Å². The van der Waals surface area contributed by atoms with Gasteiger partial charge in [0.25, 0.3) is 0 Å². The second-order valence-corrected chi connectivity index (χ2v) is 4.06. The standard InChI is InChI=1S/C12H9ClO5/c1-6(12(15)16)18-7-2-3-8-10(4-7)17-5-9(13)11(8)14/h2-6H,1H3,(H,15,16)/p-1. The van der Waals surface area contributed by atoms with Crippen molar-refractivity contribution in [1.29, 1.82) is 0 Å². The molecule has 0 bridgehead atoms. The van der Waals surface area contributed by atoms with Gasteiger partial charge in [-0.3, -0.25) is 4.79 Å². The molecule has 0 spiro atoms. The number of carbonyl (C=O) groups is 1. The van der Waals surface area contributed by atoms with E-state index in [1.165, 1.54) is 25.1 Å². The quantitative estimate of drug-likeness (QED) is 0.828. The topological polar surface area (TPSA) is 79.6 Å². The van der Waals surface area contributed by atoms with Gasteiger partial charge in [0, 0.05) is 6.07 Å². The highest BCUT2D eigenvalue weighted by Crippen LogP contribution is 2.21. The molecule has 0 radical (unpaired) electrons. The molecule has 0 aliphatic rings. The molecule has 2 aromatic rings. The minimum Gasteiger partial charge on any atom is -0.546 e. The van der Waals surface area contributed by atoms with Crippen LogP contribution in [0.1, 0.15) is 6.92 Å². The fraction of sp³-hybridized carbons (Fsp3) is 0.167. The summed E-state index contributed by atoms with van der Waals surface area (Å²) in [7, 11) is 0. The zero-order valence-corrected chi connectivity index (χ0v) is 10.1. The zero-order chi connectivity index (χ0) is 13.3. The van der Waals surface area contributed by atoms with E-state index in [9.17, 15) is 14.7 Å². The van der Waals surface area contributed by atoms with Crippen molar-refractivity contribution in [2.24, 2.45) is 0 Å². The van der Waals surface area contributed by atoms with Crippen molar-refractivity contribution in [3.05, 3.63) is 39.7 Å². The normalized spacial score (nSPS) is 12.3. The van der Waals surface area contributed by atoms with Crippen LogP contribution in [0.3, 0.4) is 0 Å². The van der Waals surface area contributed by atoms with Gasteiger partial charge in [0.15, 0.2) is 0 Å². The molecule has 5 nitrogen and oxygen atoms in total. The highest BCUT2D eigenvalue weighted by Gasteiger charge is 2.09. The lowest BCUT2D eigenvalue weighted by molar-refractivity contribution is -0.312. The lowest BCUT2D eigenvalue weighted by atomic mass is 10.2. The average molecular weight is 268 g/mol. The van der Waals surface area contributed by atoms with Gasteiger partial charge in [0.05, 0.1) is 11.4 Å². The van der Waals surface area contributed by atoms with E-state index in [2.05, 4.69) is 0 Å². The van der Waals surface area contributed by atoms with Crippen molar-refractivity contribution in [3.8, 4) is 5.75 Å². The van der Waals surface area contributed by atoms with Gasteiger partial charge in [0.2, 0.25) is 5.43 Å². The SMILES string of the molecule is CC(Oc1ccc2c(=O)c(Cl)coc2c1)C(=O)[O-]. The first-order valence-corrected chi connectivity index (χ1v) is 5.45. The van der Waals surface area contributed by atoms with Crippen molar-refractivity contribution in [2.75, 3.05) is 0 Å². The Balaban J connectivity index is 2.43. The third kappa shape index (κ3) is 2.31. The number of halogens is 1. The lowest BCUT2D eigenvalue weighted by Crippen LogP contribution is -2.37. The maximum atomic E-state index is 11.6. The van der Waals surface area contributed by atoms with E-state index in [1.54, 1.807) is 0 Å². The highest BCUT2D eigenvalue weighted by molar-refractivity contribution is 6.30. The molecule has 0 aliphatic heterocycles. The van der Waals surface area contributed by atoms with Crippen molar-refractivity contribution in [3.63, 3.8) is 0 Å². The van der Waals surface area contributed by atoms with Gasteiger partial charge in [-0.1, -0.05) is 11.6 Å². The molecule has 0 aliphatic carbocycles. The first-order valence-electron chi connectivity index (χ1n) is 5.07. The van der Waals surface area contributed by atoms with E-state index in [-0.39, 0.29) is 21.8 Å². The van der Waals surface area contributed by atoms with Gasteiger partial charge >= 0.3 is 0 Å². The molecule has 1 aromatic heterocycles.